The topological polar surface area (TPSA) is 32.3 Å². The average Bonchev–Trinajstić information content (AvgIpc) is 2.52. The number of fused-ring (bicyclic) bond motifs is 1. The van der Waals surface area contributed by atoms with Crippen molar-refractivity contribution in [1.29, 1.82) is 0 Å². The van der Waals surface area contributed by atoms with E-state index in [4.69, 9.17) is 0 Å². The van der Waals surface area contributed by atoms with E-state index >= 15 is 0 Å². The Morgan fingerprint density at radius 2 is 2.24 bits per heavy atom. The van der Waals surface area contributed by atoms with Gasteiger partial charge in [0, 0.05) is 25.3 Å². The van der Waals surface area contributed by atoms with Crippen LogP contribution >= 0.6 is 0 Å². The summed E-state index contributed by atoms with van der Waals surface area (Å²) in [4.78, 5) is 13.3. The molecule has 1 heterocycles. The van der Waals surface area contributed by atoms with Crippen molar-refractivity contribution in [3.8, 4) is 0 Å². The zero-order valence-corrected chi connectivity index (χ0v) is 10.2. The van der Waals surface area contributed by atoms with Crippen LogP contribution in [-0.4, -0.2) is 19.0 Å². The van der Waals surface area contributed by atoms with Crippen molar-refractivity contribution in [3.05, 3.63) is 29.3 Å². The van der Waals surface area contributed by atoms with Gasteiger partial charge in [-0.2, -0.15) is 0 Å². The number of likely N-dealkylation sites (N-methyl/N-ethyl adjacent to an activating group) is 1. The smallest absolute Gasteiger partial charge is 0.231 e. The van der Waals surface area contributed by atoms with Gasteiger partial charge in [0.25, 0.3) is 0 Å². The number of nitrogens with one attached hydrogen (secondary N) is 1. The molecule has 1 N–H and O–H groups in total. The molecule has 3 nitrogen and oxygen atoms in total. The molecule has 1 aliphatic heterocycles. The zero-order chi connectivity index (χ0) is 11.8. The quantitative estimate of drug-likeness (QED) is 0.859. The molecule has 0 aromatic heterocycles. The molecule has 0 radical (unpaired) electrons. The maximum atomic E-state index is 11.6. The number of carbonyl (C=O) groups is 1. The van der Waals surface area contributed by atoms with E-state index in [1.165, 1.54) is 30.4 Å². The van der Waals surface area contributed by atoms with E-state index in [-0.39, 0.29) is 5.91 Å². The molecule has 3 rings (SSSR count). The molecule has 3 heteroatoms. The summed E-state index contributed by atoms with van der Waals surface area (Å²) in [5.74, 6) is 0.198. The lowest BCUT2D eigenvalue weighted by Crippen LogP contribution is -2.34. The monoisotopic (exact) mass is 230 g/mol. The first-order valence-electron chi connectivity index (χ1n) is 6.36. The molecule has 1 aliphatic carbocycles. The third-order valence-corrected chi connectivity index (χ3v) is 3.92. The normalized spacial score (nSPS) is 19.4. The third-order valence-electron chi connectivity index (χ3n) is 3.92. The Labute approximate surface area is 102 Å². The van der Waals surface area contributed by atoms with Crippen molar-refractivity contribution < 1.29 is 4.79 Å². The van der Waals surface area contributed by atoms with Gasteiger partial charge in [0.05, 0.1) is 6.42 Å². The van der Waals surface area contributed by atoms with Crippen LogP contribution in [0.15, 0.2) is 18.2 Å². The summed E-state index contributed by atoms with van der Waals surface area (Å²) in [5, 5.41) is 3.55. The van der Waals surface area contributed by atoms with Crippen LogP contribution < -0.4 is 10.2 Å². The summed E-state index contributed by atoms with van der Waals surface area (Å²) < 4.78 is 0. The lowest BCUT2D eigenvalue weighted by Gasteiger charge is -2.26. The van der Waals surface area contributed by atoms with Crippen molar-refractivity contribution in [2.45, 2.75) is 38.3 Å². The molecular formula is C14H18N2O. The fourth-order valence-electron chi connectivity index (χ4n) is 2.51. The fraction of sp³-hybridized carbons (Fsp3) is 0.500. The van der Waals surface area contributed by atoms with E-state index in [1.54, 1.807) is 4.90 Å². The Bertz CT molecular complexity index is 452. The molecule has 1 saturated carbocycles. The highest BCUT2D eigenvalue weighted by Gasteiger charge is 2.24. The minimum atomic E-state index is 0.198. The van der Waals surface area contributed by atoms with Crippen molar-refractivity contribution in [2.75, 3.05) is 11.9 Å². The Morgan fingerprint density at radius 1 is 1.41 bits per heavy atom. The molecular weight excluding hydrogens is 212 g/mol. The predicted molar refractivity (Wildman–Crippen MR) is 68.0 cm³/mol. The van der Waals surface area contributed by atoms with E-state index in [2.05, 4.69) is 23.5 Å². The van der Waals surface area contributed by atoms with Gasteiger partial charge in [-0.1, -0.05) is 18.6 Å². The molecule has 0 bridgehead atoms. The van der Waals surface area contributed by atoms with Crippen LogP contribution in [-0.2, 0) is 17.8 Å². The molecule has 2 aliphatic rings. The largest absolute Gasteiger partial charge is 0.315 e. The first kappa shape index (κ1) is 10.8. The SMILES string of the molecule is CN1C(=O)Cc2cc(CNC3CCC3)ccc21. The number of hydrogen-bond acceptors (Lipinski definition) is 2. The number of benzene rings is 1. The Morgan fingerprint density at radius 3 is 2.94 bits per heavy atom. The van der Waals surface area contributed by atoms with E-state index in [0.717, 1.165) is 12.2 Å². The van der Waals surface area contributed by atoms with Gasteiger partial charge in [0.1, 0.15) is 0 Å². The van der Waals surface area contributed by atoms with Gasteiger partial charge in [-0.05, 0) is 30.0 Å². The predicted octanol–water partition coefficient (Wildman–Crippen LogP) is 1.85. The van der Waals surface area contributed by atoms with E-state index < -0.39 is 0 Å². The maximum Gasteiger partial charge on any atom is 0.231 e. The van der Waals surface area contributed by atoms with Crippen molar-refractivity contribution >= 4 is 11.6 Å². The second kappa shape index (κ2) is 4.15. The van der Waals surface area contributed by atoms with Crippen LogP contribution in [0.2, 0.25) is 0 Å². The Balaban J connectivity index is 1.71. The van der Waals surface area contributed by atoms with Gasteiger partial charge in [-0.15, -0.1) is 0 Å². The lowest BCUT2D eigenvalue weighted by molar-refractivity contribution is -0.117. The van der Waals surface area contributed by atoms with Gasteiger partial charge in [0.15, 0.2) is 0 Å². The van der Waals surface area contributed by atoms with Crippen LogP contribution in [0.5, 0.6) is 0 Å². The Kier molecular flexibility index (Phi) is 2.63. The van der Waals surface area contributed by atoms with Crippen LogP contribution in [0, 0.1) is 0 Å². The van der Waals surface area contributed by atoms with E-state index in [1.807, 2.05) is 7.05 Å². The minimum Gasteiger partial charge on any atom is -0.315 e. The van der Waals surface area contributed by atoms with Gasteiger partial charge in [-0.25, -0.2) is 0 Å². The highest BCUT2D eigenvalue weighted by molar-refractivity contribution is 6.00. The fourth-order valence-corrected chi connectivity index (χ4v) is 2.51. The summed E-state index contributed by atoms with van der Waals surface area (Å²) in [7, 11) is 1.85. The van der Waals surface area contributed by atoms with Crippen LogP contribution in [0.25, 0.3) is 0 Å². The number of rotatable bonds is 3. The van der Waals surface area contributed by atoms with Crippen molar-refractivity contribution in [3.63, 3.8) is 0 Å². The van der Waals surface area contributed by atoms with E-state index in [9.17, 15) is 4.79 Å². The molecule has 1 aromatic rings. The first-order chi connectivity index (χ1) is 8.24. The third kappa shape index (κ3) is 1.95. The molecule has 0 saturated heterocycles. The molecule has 90 valence electrons. The van der Waals surface area contributed by atoms with Crippen molar-refractivity contribution in [2.24, 2.45) is 0 Å². The molecule has 1 fully saturated rings. The molecule has 0 unspecified atom stereocenters. The van der Waals surface area contributed by atoms with E-state index in [0.29, 0.717) is 12.5 Å². The van der Waals surface area contributed by atoms with Crippen LogP contribution in [0.1, 0.15) is 30.4 Å². The van der Waals surface area contributed by atoms with Gasteiger partial charge >= 0.3 is 0 Å². The van der Waals surface area contributed by atoms with Gasteiger partial charge in [-0.3, -0.25) is 4.79 Å². The van der Waals surface area contributed by atoms with Gasteiger partial charge < -0.3 is 10.2 Å². The maximum absolute atomic E-state index is 11.6. The zero-order valence-electron chi connectivity index (χ0n) is 10.2. The average molecular weight is 230 g/mol. The highest BCUT2D eigenvalue weighted by atomic mass is 16.2. The summed E-state index contributed by atoms with van der Waals surface area (Å²) in [6.45, 7) is 0.926. The lowest BCUT2D eigenvalue weighted by atomic mass is 9.93. The summed E-state index contributed by atoms with van der Waals surface area (Å²) in [5.41, 5.74) is 3.53. The number of nitrogens with zero attached hydrogens (tertiary/aromatic N) is 1. The number of carbonyl (C=O) groups excluding carboxylic acids is 1. The molecule has 0 spiro atoms. The van der Waals surface area contributed by atoms with Crippen molar-refractivity contribution in [1.82, 2.24) is 5.32 Å². The summed E-state index contributed by atoms with van der Waals surface area (Å²) >= 11 is 0. The Hall–Kier alpha value is -1.35. The first-order valence-corrected chi connectivity index (χ1v) is 6.36. The van der Waals surface area contributed by atoms with Crippen LogP contribution in [0.3, 0.4) is 0 Å². The van der Waals surface area contributed by atoms with Gasteiger partial charge in [0.2, 0.25) is 5.91 Å². The standard InChI is InChI=1S/C14H18N2O/c1-16-13-6-5-10(7-11(13)8-14(16)17)9-15-12-3-2-4-12/h5-7,12,15H,2-4,8-9H2,1H3. The number of amides is 1. The van der Waals surface area contributed by atoms with Crippen LogP contribution in [0.4, 0.5) is 5.69 Å². The highest BCUT2D eigenvalue weighted by Crippen LogP contribution is 2.28. The molecule has 17 heavy (non-hydrogen) atoms. The summed E-state index contributed by atoms with van der Waals surface area (Å²) in [6.07, 6.45) is 4.54. The minimum absolute atomic E-state index is 0.198. The molecule has 1 aromatic carbocycles. The number of hydrogen-bond donors (Lipinski definition) is 1. The second-order valence-electron chi connectivity index (χ2n) is 5.10. The molecule has 0 atom stereocenters. The molecule has 1 amide bonds. The summed E-state index contributed by atoms with van der Waals surface area (Å²) in [6, 6.07) is 7.08. The second-order valence-corrected chi connectivity index (χ2v) is 5.10. The number of anilines is 1.